The molecular weight excluding hydrogens is 374 g/mol. The number of phenols is 1. The van der Waals surface area contributed by atoms with Crippen LogP contribution in [-0.4, -0.2) is 22.2 Å². The van der Waals surface area contributed by atoms with E-state index in [-0.39, 0.29) is 11.8 Å². The molecule has 140 valence electrons. The van der Waals surface area contributed by atoms with Gasteiger partial charge in [-0.3, -0.25) is 9.97 Å². The van der Waals surface area contributed by atoms with Crippen LogP contribution in [0.2, 0.25) is 5.02 Å². The summed E-state index contributed by atoms with van der Waals surface area (Å²) in [6.45, 7) is 0. The first-order valence-electron chi connectivity index (χ1n) is 8.74. The standard InChI is InChI=1S/C22H18ClN3O2/c1-28-19-7-5-16(13-18(19)23)26-20(15-8-11-24-12-9-15)17-6-4-14-3-2-10-25-21(14)22(17)27/h2-13,20,26-27H,1H3/t20-/m1/s1. The van der Waals surface area contributed by atoms with Gasteiger partial charge in [0.15, 0.2) is 0 Å². The molecule has 2 N–H and O–H groups in total. The van der Waals surface area contributed by atoms with Crippen LogP contribution in [0.4, 0.5) is 5.69 Å². The normalized spacial score (nSPS) is 11.9. The van der Waals surface area contributed by atoms with E-state index < -0.39 is 0 Å². The number of phenolic OH excluding ortho intramolecular Hbond substituents is 1. The molecule has 4 aromatic rings. The summed E-state index contributed by atoms with van der Waals surface area (Å²) in [7, 11) is 1.58. The predicted octanol–water partition coefficient (Wildman–Crippen LogP) is 5.20. The molecule has 5 nitrogen and oxygen atoms in total. The summed E-state index contributed by atoms with van der Waals surface area (Å²) in [5.41, 5.74) is 3.03. The number of aromatic nitrogens is 2. The number of nitrogens with zero attached hydrogens (tertiary/aromatic N) is 2. The molecule has 0 aliphatic rings. The predicted molar refractivity (Wildman–Crippen MR) is 111 cm³/mol. The average molecular weight is 392 g/mol. The third-order valence-corrected chi connectivity index (χ3v) is 4.89. The Kier molecular flexibility index (Phi) is 5.00. The van der Waals surface area contributed by atoms with Crippen LogP contribution in [0.25, 0.3) is 10.9 Å². The zero-order valence-corrected chi connectivity index (χ0v) is 15.9. The Morgan fingerprint density at radius 1 is 1.04 bits per heavy atom. The van der Waals surface area contributed by atoms with Gasteiger partial charge in [-0.05, 0) is 42.0 Å². The molecule has 0 unspecified atom stereocenters. The fourth-order valence-electron chi connectivity index (χ4n) is 3.20. The van der Waals surface area contributed by atoms with Crippen molar-refractivity contribution in [2.45, 2.75) is 6.04 Å². The van der Waals surface area contributed by atoms with Crippen molar-refractivity contribution < 1.29 is 9.84 Å². The Bertz CT molecular complexity index is 1120. The van der Waals surface area contributed by atoms with Gasteiger partial charge in [0, 0.05) is 35.2 Å². The number of rotatable bonds is 5. The summed E-state index contributed by atoms with van der Waals surface area (Å²) in [6, 6.07) is 16.6. The number of nitrogens with one attached hydrogen (secondary N) is 1. The van der Waals surface area contributed by atoms with E-state index in [1.165, 1.54) is 0 Å². The number of pyridine rings is 2. The SMILES string of the molecule is COc1ccc(N[C@H](c2ccncc2)c2ccc3cccnc3c2O)cc1Cl. The molecule has 0 aliphatic carbocycles. The maximum atomic E-state index is 10.9. The highest BCUT2D eigenvalue weighted by Gasteiger charge is 2.20. The Morgan fingerprint density at radius 3 is 2.61 bits per heavy atom. The van der Waals surface area contributed by atoms with E-state index in [2.05, 4.69) is 15.3 Å². The van der Waals surface area contributed by atoms with Crippen LogP contribution in [0.15, 0.2) is 73.2 Å². The van der Waals surface area contributed by atoms with Gasteiger partial charge in [-0.15, -0.1) is 0 Å². The van der Waals surface area contributed by atoms with Crippen molar-refractivity contribution in [2.75, 3.05) is 12.4 Å². The molecule has 0 saturated heterocycles. The quantitative estimate of drug-likeness (QED) is 0.489. The Hall–Kier alpha value is -3.31. The van der Waals surface area contributed by atoms with Gasteiger partial charge in [-0.25, -0.2) is 0 Å². The number of methoxy groups -OCH3 is 1. The van der Waals surface area contributed by atoms with Crippen LogP contribution < -0.4 is 10.1 Å². The van der Waals surface area contributed by atoms with Gasteiger partial charge in [0.1, 0.15) is 17.0 Å². The highest BCUT2D eigenvalue weighted by Crippen LogP contribution is 2.37. The summed E-state index contributed by atoms with van der Waals surface area (Å²) in [6.07, 6.45) is 5.12. The molecule has 2 aromatic heterocycles. The van der Waals surface area contributed by atoms with Crippen molar-refractivity contribution in [3.63, 3.8) is 0 Å². The first-order valence-corrected chi connectivity index (χ1v) is 9.12. The van der Waals surface area contributed by atoms with Crippen LogP contribution >= 0.6 is 11.6 Å². The molecule has 1 atom stereocenters. The molecule has 6 heteroatoms. The fraction of sp³-hybridized carbons (Fsp3) is 0.0909. The Balaban J connectivity index is 1.81. The zero-order chi connectivity index (χ0) is 19.5. The highest BCUT2D eigenvalue weighted by atomic mass is 35.5. The number of fused-ring (bicyclic) bond motifs is 1. The van der Waals surface area contributed by atoms with Crippen molar-refractivity contribution in [2.24, 2.45) is 0 Å². The smallest absolute Gasteiger partial charge is 0.147 e. The van der Waals surface area contributed by atoms with Crippen LogP contribution in [0.5, 0.6) is 11.5 Å². The van der Waals surface area contributed by atoms with Gasteiger partial charge < -0.3 is 15.2 Å². The third kappa shape index (κ3) is 3.44. The molecular formula is C22H18ClN3O2. The number of halogens is 1. The molecule has 0 fully saturated rings. The molecule has 4 rings (SSSR count). The van der Waals surface area contributed by atoms with E-state index in [1.807, 2.05) is 42.5 Å². The molecule has 0 aliphatic heterocycles. The van der Waals surface area contributed by atoms with Gasteiger partial charge in [0.05, 0.1) is 18.2 Å². The summed E-state index contributed by atoms with van der Waals surface area (Å²) in [5, 5.41) is 15.8. The van der Waals surface area contributed by atoms with Gasteiger partial charge in [0.2, 0.25) is 0 Å². The minimum absolute atomic E-state index is 0.145. The highest BCUT2D eigenvalue weighted by molar-refractivity contribution is 6.32. The number of aromatic hydroxyl groups is 1. The summed E-state index contributed by atoms with van der Waals surface area (Å²) in [4.78, 5) is 8.43. The second kappa shape index (κ2) is 7.74. The van der Waals surface area contributed by atoms with Crippen molar-refractivity contribution in [1.29, 1.82) is 0 Å². The maximum Gasteiger partial charge on any atom is 0.147 e. The summed E-state index contributed by atoms with van der Waals surface area (Å²) >= 11 is 6.28. The van der Waals surface area contributed by atoms with Crippen molar-refractivity contribution in [3.05, 3.63) is 89.3 Å². The van der Waals surface area contributed by atoms with E-state index >= 15 is 0 Å². The first-order chi connectivity index (χ1) is 13.7. The van der Waals surface area contributed by atoms with E-state index in [0.717, 1.165) is 16.6 Å². The number of anilines is 1. The summed E-state index contributed by atoms with van der Waals surface area (Å²) in [5.74, 6) is 0.748. The zero-order valence-electron chi connectivity index (χ0n) is 15.1. The molecule has 0 saturated carbocycles. The van der Waals surface area contributed by atoms with Crippen LogP contribution in [0.3, 0.4) is 0 Å². The number of benzene rings is 2. The lowest BCUT2D eigenvalue weighted by Crippen LogP contribution is -2.13. The lowest BCUT2D eigenvalue weighted by Gasteiger charge is -2.22. The lowest BCUT2D eigenvalue weighted by molar-refractivity contribution is 0.415. The second-order valence-corrected chi connectivity index (χ2v) is 6.69. The molecule has 0 amide bonds. The van der Waals surface area contributed by atoms with E-state index in [1.54, 1.807) is 37.8 Å². The van der Waals surface area contributed by atoms with Crippen molar-refractivity contribution in [3.8, 4) is 11.5 Å². The summed E-state index contributed by atoms with van der Waals surface area (Å²) < 4.78 is 5.23. The van der Waals surface area contributed by atoms with Crippen molar-refractivity contribution >= 4 is 28.2 Å². The van der Waals surface area contributed by atoms with E-state index in [9.17, 15) is 5.11 Å². The van der Waals surface area contributed by atoms with Gasteiger partial charge in [0.25, 0.3) is 0 Å². The van der Waals surface area contributed by atoms with Crippen molar-refractivity contribution in [1.82, 2.24) is 9.97 Å². The topological polar surface area (TPSA) is 67.3 Å². The average Bonchev–Trinajstić information content (AvgIpc) is 2.74. The van der Waals surface area contributed by atoms with Crippen LogP contribution in [-0.2, 0) is 0 Å². The molecule has 28 heavy (non-hydrogen) atoms. The molecule has 2 aromatic carbocycles. The number of hydrogen-bond donors (Lipinski definition) is 2. The molecule has 0 radical (unpaired) electrons. The van der Waals surface area contributed by atoms with Gasteiger partial charge >= 0.3 is 0 Å². The maximum absolute atomic E-state index is 10.9. The minimum atomic E-state index is -0.320. The largest absolute Gasteiger partial charge is 0.505 e. The lowest BCUT2D eigenvalue weighted by atomic mass is 9.96. The number of hydrogen-bond acceptors (Lipinski definition) is 5. The Morgan fingerprint density at radius 2 is 1.86 bits per heavy atom. The number of ether oxygens (including phenoxy) is 1. The van der Waals surface area contributed by atoms with Gasteiger partial charge in [-0.1, -0.05) is 29.8 Å². The van der Waals surface area contributed by atoms with Gasteiger partial charge in [-0.2, -0.15) is 0 Å². The van der Waals surface area contributed by atoms with Crippen LogP contribution in [0, 0.1) is 0 Å². The van der Waals surface area contributed by atoms with E-state index in [4.69, 9.17) is 16.3 Å². The minimum Gasteiger partial charge on any atom is -0.505 e. The second-order valence-electron chi connectivity index (χ2n) is 6.29. The third-order valence-electron chi connectivity index (χ3n) is 4.59. The Labute approximate surface area is 167 Å². The molecule has 2 heterocycles. The van der Waals surface area contributed by atoms with E-state index in [0.29, 0.717) is 21.9 Å². The van der Waals surface area contributed by atoms with Crippen LogP contribution in [0.1, 0.15) is 17.2 Å². The first kappa shape index (κ1) is 18.1. The fourth-order valence-corrected chi connectivity index (χ4v) is 3.46. The monoisotopic (exact) mass is 391 g/mol. The molecule has 0 spiro atoms. The molecule has 0 bridgehead atoms.